The van der Waals surface area contributed by atoms with Gasteiger partial charge in [0.05, 0.1) is 16.1 Å². The van der Waals surface area contributed by atoms with E-state index < -0.39 is 15.6 Å². The second-order valence-electron chi connectivity index (χ2n) is 12.5. The fraction of sp³-hybridized carbons (Fsp3) is 0.364. The number of rotatable bonds is 6. The van der Waals surface area contributed by atoms with Crippen molar-refractivity contribution in [3.63, 3.8) is 0 Å². The van der Waals surface area contributed by atoms with Crippen LogP contribution < -0.4 is 9.62 Å². The minimum atomic E-state index is -3.85. The molecule has 1 N–H and O–H groups in total. The Morgan fingerprint density at radius 1 is 1.02 bits per heavy atom. The average molecular weight is 616 g/mol. The maximum absolute atomic E-state index is 14.0. The van der Waals surface area contributed by atoms with E-state index in [9.17, 15) is 18.0 Å². The standard InChI is InChI=1S/C33H37N5O5S/c1-33(2,3)43-32(40)37-17-6-7-24(20-37)28-22-38(29-9-5-4-8-27(28)29)44(41,42)26-13-10-23(11-14-26)19-35-31(39)25-12-15-30-34-16-18-36(30)21-25/h4-5,8-16,18,21,24,28H,6-7,17,19-20,22H2,1-3H3,(H,35,39). The molecule has 4 aromatic rings. The summed E-state index contributed by atoms with van der Waals surface area (Å²) in [7, 11) is -3.85. The molecule has 2 aromatic carbocycles. The third kappa shape index (κ3) is 6.01. The zero-order valence-corrected chi connectivity index (χ0v) is 26.0. The van der Waals surface area contributed by atoms with Gasteiger partial charge >= 0.3 is 6.09 Å². The minimum absolute atomic E-state index is 0.0396. The van der Waals surface area contributed by atoms with Gasteiger partial charge in [0.1, 0.15) is 11.2 Å². The Balaban J connectivity index is 1.15. The molecule has 0 aliphatic carbocycles. The van der Waals surface area contributed by atoms with E-state index in [1.807, 2.05) is 45.0 Å². The second-order valence-corrected chi connectivity index (χ2v) is 14.3. The van der Waals surface area contributed by atoms with Crippen molar-refractivity contribution in [1.29, 1.82) is 0 Å². The number of para-hydroxylation sites is 1. The third-order valence-electron chi connectivity index (χ3n) is 8.26. The Hall–Kier alpha value is -4.38. The number of fused-ring (bicyclic) bond motifs is 2. The normalized spacial score (nSPS) is 18.7. The van der Waals surface area contributed by atoms with Crippen molar-refractivity contribution < 1.29 is 22.7 Å². The molecular formula is C33H37N5O5S. The number of hydrogen-bond acceptors (Lipinski definition) is 6. The zero-order valence-electron chi connectivity index (χ0n) is 25.1. The zero-order chi connectivity index (χ0) is 31.1. The number of piperidine rings is 1. The average Bonchev–Trinajstić information content (AvgIpc) is 3.64. The van der Waals surface area contributed by atoms with E-state index in [2.05, 4.69) is 10.3 Å². The highest BCUT2D eigenvalue weighted by Crippen LogP contribution is 2.45. The highest BCUT2D eigenvalue weighted by atomic mass is 32.2. The minimum Gasteiger partial charge on any atom is -0.444 e. The molecule has 2 aliphatic heterocycles. The number of nitrogens with zero attached hydrogens (tertiary/aromatic N) is 4. The first kappa shape index (κ1) is 29.7. The van der Waals surface area contributed by atoms with Gasteiger partial charge < -0.3 is 19.4 Å². The fourth-order valence-corrected chi connectivity index (χ4v) is 7.63. The van der Waals surface area contributed by atoms with E-state index in [-0.39, 0.29) is 35.3 Å². The molecule has 0 bridgehead atoms. The van der Waals surface area contributed by atoms with Gasteiger partial charge in [-0.2, -0.15) is 0 Å². The summed E-state index contributed by atoms with van der Waals surface area (Å²) in [4.78, 5) is 31.7. The number of nitrogens with one attached hydrogen (secondary N) is 1. The number of sulfonamides is 1. The van der Waals surface area contributed by atoms with Crippen molar-refractivity contribution in [2.45, 2.75) is 56.6 Å². The predicted octanol–water partition coefficient (Wildman–Crippen LogP) is 5.20. The van der Waals surface area contributed by atoms with Crippen LogP contribution in [0.2, 0.25) is 0 Å². The first-order valence-corrected chi connectivity index (χ1v) is 16.3. The Morgan fingerprint density at radius 2 is 1.80 bits per heavy atom. The first-order chi connectivity index (χ1) is 21.0. The van der Waals surface area contributed by atoms with Crippen LogP contribution in [0.25, 0.3) is 5.65 Å². The van der Waals surface area contributed by atoms with E-state index in [1.54, 1.807) is 64.3 Å². The molecule has 230 valence electrons. The highest BCUT2D eigenvalue weighted by molar-refractivity contribution is 7.92. The lowest BCUT2D eigenvalue weighted by molar-refractivity contribution is 0.0154. The number of carbonyl (C=O) groups is 2. The number of ether oxygens (including phenoxy) is 1. The third-order valence-corrected chi connectivity index (χ3v) is 10.1. The lowest BCUT2D eigenvalue weighted by Crippen LogP contribution is -2.44. The second kappa shape index (κ2) is 11.6. The first-order valence-electron chi connectivity index (χ1n) is 14.9. The molecule has 0 saturated carbocycles. The molecule has 2 aliphatic rings. The highest BCUT2D eigenvalue weighted by Gasteiger charge is 2.42. The summed E-state index contributed by atoms with van der Waals surface area (Å²) in [6.45, 7) is 7.29. The van der Waals surface area contributed by atoms with Gasteiger partial charge in [0.2, 0.25) is 0 Å². The molecule has 44 heavy (non-hydrogen) atoms. The van der Waals surface area contributed by atoms with Gasteiger partial charge in [-0.3, -0.25) is 9.10 Å². The molecule has 0 radical (unpaired) electrons. The van der Waals surface area contributed by atoms with Crippen molar-refractivity contribution in [3.8, 4) is 0 Å². The monoisotopic (exact) mass is 615 g/mol. The summed E-state index contributed by atoms with van der Waals surface area (Å²) in [6, 6.07) is 17.8. The molecule has 2 atom stereocenters. The summed E-state index contributed by atoms with van der Waals surface area (Å²) in [5.41, 5.74) is 3.13. The molecule has 10 nitrogen and oxygen atoms in total. The van der Waals surface area contributed by atoms with Gasteiger partial charge in [-0.15, -0.1) is 0 Å². The summed E-state index contributed by atoms with van der Waals surface area (Å²) in [6.07, 6.45) is 6.59. The van der Waals surface area contributed by atoms with Gasteiger partial charge in [0, 0.05) is 50.7 Å². The number of carbonyl (C=O) groups excluding carboxylic acids is 2. The number of amides is 2. The van der Waals surface area contributed by atoms with Crippen LogP contribution in [-0.2, 0) is 21.3 Å². The molecule has 2 aromatic heterocycles. The van der Waals surface area contributed by atoms with Crippen LogP contribution in [0.5, 0.6) is 0 Å². The lowest BCUT2D eigenvalue weighted by Gasteiger charge is -2.36. The maximum atomic E-state index is 14.0. The summed E-state index contributed by atoms with van der Waals surface area (Å²) in [5, 5.41) is 2.89. The van der Waals surface area contributed by atoms with Crippen LogP contribution in [0.1, 0.15) is 61.0 Å². The van der Waals surface area contributed by atoms with E-state index in [4.69, 9.17) is 4.74 Å². The number of anilines is 1. The van der Waals surface area contributed by atoms with Crippen molar-refractivity contribution in [3.05, 3.63) is 95.9 Å². The van der Waals surface area contributed by atoms with Crippen LogP contribution in [-0.4, -0.2) is 59.9 Å². The van der Waals surface area contributed by atoms with Gasteiger partial charge in [-0.1, -0.05) is 30.3 Å². The molecule has 2 amide bonds. The summed E-state index contributed by atoms with van der Waals surface area (Å²) in [5.74, 6) is -0.162. The topological polar surface area (TPSA) is 113 Å². The lowest BCUT2D eigenvalue weighted by atomic mass is 9.82. The molecule has 4 heterocycles. The van der Waals surface area contributed by atoms with Crippen LogP contribution in [0, 0.1) is 5.92 Å². The molecule has 1 saturated heterocycles. The van der Waals surface area contributed by atoms with E-state index in [0.717, 1.165) is 29.6 Å². The van der Waals surface area contributed by atoms with E-state index in [0.29, 0.717) is 30.9 Å². The fourth-order valence-electron chi connectivity index (χ4n) is 6.11. The number of benzene rings is 2. The van der Waals surface area contributed by atoms with Crippen LogP contribution in [0.4, 0.5) is 10.5 Å². The molecule has 2 unspecified atom stereocenters. The Morgan fingerprint density at radius 3 is 2.57 bits per heavy atom. The van der Waals surface area contributed by atoms with Crippen molar-refractivity contribution >= 4 is 33.4 Å². The maximum Gasteiger partial charge on any atom is 0.410 e. The van der Waals surface area contributed by atoms with Gasteiger partial charge in [-0.05, 0) is 81.0 Å². The van der Waals surface area contributed by atoms with E-state index in [1.165, 1.54) is 4.31 Å². The molecular weight excluding hydrogens is 578 g/mol. The van der Waals surface area contributed by atoms with Crippen LogP contribution in [0.15, 0.2) is 84.1 Å². The summed E-state index contributed by atoms with van der Waals surface area (Å²) < 4.78 is 36.8. The van der Waals surface area contributed by atoms with Crippen LogP contribution in [0.3, 0.4) is 0 Å². The summed E-state index contributed by atoms with van der Waals surface area (Å²) >= 11 is 0. The molecule has 6 rings (SSSR count). The van der Waals surface area contributed by atoms with Crippen molar-refractivity contribution in [1.82, 2.24) is 19.6 Å². The molecule has 0 spiro atoms. The van der Waals surface area contributed by atoms with Gasteiger partial charge in [0.25, 0.3) is 15.9 Å². The Kier molecular flexibility index (Phi) is 7.83. The Labute approximate surface area is 257 Å². The smallest absolute Gasteiger partial charge is 0.410 e. The van der Waals surface area contributed by atoms with E-state index >= 15 is 0 Å². The van der Waals surface area contributed by atoms with Crippen molar-refractivity contribution in [2.24, 2.45) is 5.92 Å². The molecule has 11 heteroatoms. The molecule has 1 fully saturated rings. The SMILES string of the molecule is CC(C)(C)OC(=O)N1CCCC(C2CN(S(=O)(=O)c3ccc(CNC(=O)c4ccc5nccn5c4)cc3)c3ccccc32)C1. The number of pyridine rings is 1. The number of aromatic nitrogens is 2. The van der Waals surface area contributed by atoms with Crippen LogP contribution >= 0.6 is 0 Å². The number of imidazole rings is 1. The van der Waals surface area contributed by atoms with Crippen molar-refractivity contribution in [2.75, 3.05) is 23.9 Å². The van der Waals surface area contributed by atoms with Gasteiger partial charge in [0.15, 0.2) is 0 Å². The predicted molar refractivity (Wildman–Crippen MR) is 167 cm³/mol. The van der Waals surface area contributed by atoms with Gasteiger partial charge in [-0.25, -0.2) is 18.2 Å². The number of likely N-dealkylation sites (tertiary alicyclic amines) is 1. The largest absolute Gasteiger partial charge is 0.444 e. The quantitative estimate of drug-likeness (QED) is 0.319. The number of hydrogen-bond donors (Lipinski definition) is 1. The Bertz CT molecular complexity index is 1800.